The molecule has 2 aromatic heterocycles. The first kappa shape index (κ1) is 24.1. The molecule has 0 saturated carbocycles. The number of rotatable bonds is 9. The van der Waals surface area contributed by atoms with Gasteiger partial charge in [0.05, 0.1) is 35.2 Å². The third-order valence-electron chi connectivity index (χ3n) is 5.91. The van der Waals surface area contributed by atoms with Crippen molar-refractivity contribution in [1.82, 2.24) is 24.0 Å². The molecule has 0 unspecified atom stereocenters. The lowest BCUT2D eigenvalue weighted by Crippen LogP contribution is -2.29. The number of anilines is 4. The zero-order valence-electron chi connectivity index (χ0n) is 20.8. The number of ether oxygens (including phenoxy) is 1. The molecule has 0 spiro atoms. The number of imidazole rings is 1. The fourth-order valence-electron chi connectivity index (χ4n) is 4.04. The summed E-state index contributed by atoms with van der Waals surface area (Å²) in [4.78, 5) is 26.3. The maximum atomic E-state index is 13.1. The van der Waals surface area contributed by atoms with Crippen molar-refractivity contribution in [2.45, 2.75) is 13.5 Å². The van der Waals surface area contributed by atoms with Crippen molar-refractivity contribution in [2.75, 3.05) is 57.3 Å². The van der Waals surface area contributed by atoms with Crippen LogP contribution < -0.4 is 26.4 Å². The summed E-state index contributed by atoms with van der Waals surface area (Å²) in [6.45, 7) is 4.23. The number of hydrogen-bond donors (Lipinski definition) is 2. The number of aromatic nitrogens is 4. The van der Waals surface area contributed by atoms with Crippen LogP contribution in [-0.4, -0.2) is 65.3 Å². The Morgan fingerprint density at radius 3 is 2.51 bits per heavy atom. The second kappa shape index (κ2) is 10.1. The van der Waals surface area contributed by atoms with Gasteiger partial charge in [0.15, 0.2) is 0 Å². The van der Waals surface area contributed by atoms with Crippen molar-refractivity contribution < 1.29 is 4.74 Å². The van der Waals surface area contributed by atoms with Gasteiger partial charge in [0.2, 0.25) is 5.95 Å². The van der Waals surface area contributed by atoms with Gasteiger partial charge in [-0.15, -0.1) is 0 Å². The quantitative estimate of drug-likeness (QED) is 0.355. The first-order valence-corrected chi connectivity index (χ1v) is 11.5. The van der Waals surface area contributed by atoms with Crippen LogP contribution in [0.3, 0.4) is 0 Å². The van der Waals surface area contributed by atoms with E-state index in [4.69, 9.17) is 10.5 Å². The van der Waals surface area contributed by atoms with Crippen molar-refractivity contribution in [3.63, 3.8) is 0 Å². The molecule has 0 amide bonds. The van der Waals surface area contributed by atoms with E-state index in [0.29, 0.717) is 35.4 Å². The maximum Gasteiger partial charge on any atom is 0.334 e. The minimum absolute atomic E-state index is 0.148. The van der Waals surface area contributed by atoms with Gasteiger partial charge >= 0.3 is 5.69 Å². The van der Waals surface area contributed by atoms with E-state index in [1.807, 2.05) is 64.5 Å². The molecule has 10 nitrogen and oxygen atoms in total. The van der Waals surface area contributed by atoms with Gasteiger partial charge in [-0.05, 0) is 39.2 Å². The smallest absolute Gasteiger partial charge is 0.334 e. The average molecular weight is 477 g/mol. The Labute approximate surface area is 204 Å². The zero-order chi connectivity index (χ0) is 25.1. The van der Waals surface area contributed by atoms with Crippen LogP contribution in [0.1, 0.15) is 6.92 Å². The highest BCUT2D eigenvalue weighted by molar-refractivity contribution is 5.80. The highest BCUT2D eigenvalue weighted by atomic mass is 16.5. The van der Waals surface area contributed by atoms with E-state index in [2.05, 4.69) is 25.1 Å². The minimum atomic E-state index is -0.148. The van der Waals surface area contributed by atoms with Crippen LogP contribution in [0.5, 0.6) is 5.75 Å². The van der Waals surface area contributed by atoms with E-state index in [1.54, 1.807) is 28.5 Å². The highest BCUT2D eigenvalue weighted by Gasteiger charge is 2.16. The minimum Gasteiger partial charge on any atom is -0.494 e. The monoisotopic (exact) mass is 476 g/mol. The normalized spacial score (nSPS) is 11.3. The van der Waals surface area contributed by atoms with Crippen LogP contribution in [0.4, 0.5) is 23.0 Å². The molecular weight excluding hydrogens is 444 g/mol. The molecule has 0 aliphatic rings. The number of para-hydroxylation sites is 2. The maximum absolute atomic E-state index is 13.1. The topological polar surface area (TPSA) is 106 Å². The SMILES string of the molecule is CCn1c(=O)n(-c2ccnc(Nc3cc(N)c(N(C)CCN(C)C)cc3OC)n2)c2ccccc21. The number of aryl methyl sites for hydroxylation is 1. The van der Waals surface area contributed by atoms with Crippen LogP contribution in [0, 0.1) is 0 Å². The Hall–Kier alpha value is -4.05. The van der Waals surface area contributed by atoms with Gasteiger partial charge in [-0.25, -0.2) is 14.3 Å². The first-order valence-electron chi connectivity index (χ1n) is 11.5. The molecular formula is C25H32N8O2. The van der Waals surface area contributed by atoms with Crippen molar-refractivity contribution in [2.24, 2.45) is 0 Å². The number of methoxy groups -OCH3 is 1. The number of nitrogen functional groups attached to an aromatic ring is 1. The summed E-state index contributed by atoms with van der Waals surface area (Å²) in [5, 5.41) is 3.20. The van der Waals surface area contributed by atoms with Crippen molar-refractivity contribution in [3.8, 4) is 11.6 Å². The summed E-state index contributed by atoms with van der Waals surface area (Å²) in [5.74, 6) is 1.41. The number of benzene rings is 2. The van der Waals surface area contributed by atoms with Crippen LogP contribution in [-0.2, 0) is 6.54 Å². The van der Waals surface area contributed by atoms with E-state index in [1.165, 1.54) is 0 Å². The molecule has 2 heterocycles. The summed E-state index contributed by atoms with van der Waals surface area (Å²) in [6, 6.07) is 13.1. The number of fused-ring (bicyclic) bond motifs is 1. The number of hydrogen-bond acceptors (Lipinski definition) is 8. The summed E-state index contributed by atoms with van der Waals surface area (Å²) in [7, 11) is 7.68. The number of likely N-dealkylation sites (N-methyl/N-ethyl adjacent to an activating group) is 2. The first-order chi connectivity index (χ1) is 16.8. The highest BCUT2D eigenvalue weighted by Crippen LogP contribution is 2.36. The number of nitrogens with one attached hydrogen (secondary N) is 1. The summed E-state index contributed by atoms with van der Waals surface area (Å²) >= 11 is 0. The molecule has 35 heavy (non-hydrogen) atoms. The Morgan fingerprint density at radius 2 is 1.83 bits per heavy atom. The van der Waals surface area contributed by atoms with E-state index in [9.17, 15) is 4.79 Å². The van der Waals surface area contributed by atoms with Crippen LogP contribution in [0.2, 0.25) is 0 Å². The second-order valence-corrected chi connectivity index (χ2v) is 8.55. The summed E-state index contributed by atoms with van der Waals surface area (Å²) < 4.78 is 8.95. The van der Waals surface area contributed by atoms with Crippen LogP contribution in [0.25, 0.3) is 16.9 Å². The van der Waals surface area contributed by atoms with Gasteiger partial charge in [-0.2, -0.15) is 4.98 Å². The van der Waals surface area contributed by atoms with E-state index < -0.39 is 0 Å². The van der Waals surface area contributed by atoms with E-state index >= 15 is 0 Å². The molecule has 3 N–H and O–H groups in total. The lowest BCUT2D eigenvalue weighted by atomic mass is 10.2. The Balaban J connectivity index is 1.68. The van der Waals surface area contributed by atoms with Gasteiger partial charge in [-0.3, -0.25) is 4.57 Å². The number of nitrogens with zero attached hydrogens (tertiary/aromatic N) is 6. The van der Waals surface area contributed by atoms with Crippen molar-refractivity contribution in [3.05, 3.63) is 59.1 Å². The molecule has 2 aromatic carbocycles. The molecule has 4 aromatic rings. The molecule has 10 heteroatoms. The van der Waals surface area contributed by atoms with Gasteiger partial charge in [0.25, 0.3) is 0 Å². The Morgan fingerprint density at radius 1 is 1.09 bits per heavy atom. The molecule has 4 rings (SSSR count). The molecule has 0 aliphatic heterocycles. The fourth-order valence-corrected chi connectivity index (χ4v) is 4.04. The van der Waals surface area contributed by atoms with Gasteiger partial charge in [0, 0.05) is 45.0 Å². The number of nitrogens with two attached hydrogens (primary N) is 1. The third kappa shape index (κ3) is 4.78. The Kier molecular flexibility index (Phi) is 6.92. The second-order valence-electron chi connectivity index (χ2n) is 8.55. The summed E-state index contributed by atoms with van der Waals surface area (Å²) in [5.41, 5.74) is 10.0. The van der Waals surface area contributed by atoms with E-state index in [-0.39, 0.29) is 5.69 Å². The molecule has 184 valence electrons. The standard InChI is InChI=1S/C25H32N8O2/c1-6-32-19-9-7-8-10-20(19)33(25(32)34)23-11-12-27-24(29-23)28-18-15-17(26)21(16-22(18)35-5)31(4)14-13-30(2)3/h7-12,15-16H,6,13-14,26H2,1-5H3,(H,27,28,29). The molecule has 0 fully saturated rings. The summed E-state index contributed by atoms with van der Waals surface area (Å²) in [6.07, 6.45) is 1.62. The molecule has 0 saturated heterocycles. The van der Waals surface area contributed by atoms with Gasteiger partial charge in [0.1, 0.15) is 11.6 Å². The Bertz CT molecular complexity index is 1390. The van der Waals surface area contributed by atoms with Crippen LogP contribution >= 0.6 is 0 Å². The van der Waals surface area contributed by atoms with Gasteiger partial charge in [-0.1, -0.05) is 12.1 Å². The lowest BCUT2D eigenvalue weighted by molar-refractivity contribution is 0.413. The predicted octanol–water partition coefficient (Wildman–Crippen LogP) is 2.93. The zero-order valence-corrected chi connectivity index (χ0v) is 20.8. The van der Waals surface area contributed by atoms with Crippen molar-refractivity contribution in [1.29, 1.82) is 0 Å². The largest absolute Gasteiger partial charge is 0.494 e. The fraction of sp³-hybridized carbons (Fsp3) is 0.320. The third-order valence-corrected chi connectivity index (χ3v) is 5.91. The predicted molar refractivity (Wildman–Crippen MR) is 141 cm³/mol. The lowest BCUT2D eigenvalue weighted by Gasteiger charge is -2.24. The molecule has 0 aliphatic carbocycles. The molecule has 0 bridgehead atoms. The van der Waals surface area contributed by atoms with Crippen LogP contribution in [0.15, 0.2) is 53.5 Å². The van der Waals surface area contributed by atoms with Crippen molar-refractivity contribution >= 4 is 34.0 Å². The average Bonchev–Trinajstić information content (AvgIpc) is 3.13. The molecule has 0 atom stereocenters. The molecule has 0 radical (unpaired) electrons. The van der Waals surface area contributed by atoms with Gasteiger partial charge < -0.3 is 25.6 Å². The van der Waals surface area contributed by atoms with E-state index in [0.717, 1.165) is 29.8 Å².